The van der Waals surface area contributed by atoms with E-state index in [0.717, 1.165) is 24.4 Å². The summed E-state index contributed by atoms with van der Waals surface area (Å²) in [6.07, 6.45) is -0.420. The first-order chi connectivity index (χ1) is 8.52. The second kappa shape index (κ2) is 7.03. The van der Waals surface area contributed by atoms with E-state index in [1.165, 1.54) is 5.56 Å². The number of ether oxygens (including phenoxy) is 1. The standard InChI is InChI=1S/C15H22N2O/c1-11(2)9-17-10-14-7-12(3)5-6-15(14)18-13(4)8-16/h5-7,11,13,17H,9-10H2,1-4H3. The van der Waals surface area contributed by atoms with Crippen molar-refractivity contribution in [1.82, 2.24) is 5.32 Å². The maximum absolute atomic E-state index is 8.80. The molecule has 0 saturated carbocycles. The van der Waals surface area contributed by atoms with E-state index < -0.39 is 6.10 Å². The van der Waals surface area contributed by atoms with Crippen molar-refractivity contribution in [3.05, 3.63) is 29.3 Å². The quantitative estimate of drug-likeness (QED) is 0.839. The molecular formula is C15H22N2O. The SMILES string of the molecule is Cc1ccc(OC(C)C#N)c(CNCC(C)C)c1. The van der Waals surface area contributed by atoms with Gasteiger partial charge >= 0.3 is 0 Å². The lowest BCUT2D eigenvalue weighted by molar-refractivity contribution is 0.273. The summed E-state index contributed by atoms with van der Waals surface area (Å²) in [5.74, 6) is 1.42. The van der Waals surface area contributed by atoms with Crippen molar-refractivity contribution in [2.75, 3.05) is 6.54 Å². The van der Waals surface area contributed by atoms with E-state index >= 15 is 0 Å². The zero-order valence-electron chi connectivity index (χ0n) is 11.7. The molecule has 0 fully saturated rings. The van der Waals surface area contributed by atoms with Gasteiger partial charge in [-0.3, -0.25) is 0 Å². The fourth-order valence-electron chi connectivity index (χ4n) is 1.67. The molecule has 1 rings (SSSR count). The third kappa shape index (κ3) is 4.77. The first kappa shape index (κ1) is 14.5. The van der Waals surface area contributed by atoms with Crippen LogP contribution in [0.5, 0.6) is 5.75 Å². The maximum atomic E-state index is 8.80. The molecule has 0 radical (unpaired) electrons. The van der Waals surface area contributed by atoms with Crippen LogP contribution in [0.3, 0.4) is 0 Å². The van der Waals surface area contributed by atoms with Gasteiger partial charge in [-0.15, -0.1) is 0 Å². The topological polar surface area (TPSA) is 45.0 Å². The number of hydrogen-bond acceptors (Lipinski definition) is 3. The molecule has 0 aliphatic carbocycles. The summed E-state index contributed by atoms with van der Waals surface area (Å²) in [5.41, 5.74) is 2.31. The van der Waals surface area contributed by atoms with Crippen molar-refractivity contribution in [2.45, 2.75) is 40.3 Å². The summed E-state index contributed by atoms with van der Waals surface area (Å²) >= 11 is 0. The Bertz CT molecular complexity index is 421. The van der Waals surface area contributed by atoms with Crippen molar-refractivity contribution in [2.24, 2.45) is 5.92 Å². The van der Waals surface area contributed by atoms with Gasteiger partial charge in [0.15, 0.2) is 6.10 Å². The van der Waals surface area contributed by atoms with Crippen LogP contribution in [-0.4, -0.2) is 12.6 Å². The van der Waals surface area contributed by atoms with Gasteiger partial charge < -0.3 is 10.1 Å². The van der Waals surface area contributed by atoms with E-state index in [2.05, 4.69) is 38.2 Å². The third-order valence-electron chi connectivity index (χ3n) is 2.57. The number of benzene rings is 1. The number of nitriles is 1. The molecule has 1 aromatic rings. The monoisotopic (exact) mass is 246 g/mol. The minimum atomic E-state index is -0.420. The van der Waals surface area contributed by atoms with Gasteiger partial charge in [0.05, 0.1) is 0 Å². The number of aryl methyl sites for hydroxylation is 1. The molecule has 0 aromatic heterocycles. The molecule has 1 aromatic carbocycles. The van der Waals surface area contributed by atoms with Crippen LogP contribution >= 0.6 is 0 Å². The predicted molar refractivity (Wildman–Crippen MR) is 73.4 cm³/mol. The number of nitrogens with one attached hydrogen (secondary N) is 1. The molecule has 1 N–H and O–H groups in total. The maximum Gasteiger partial charge on any atom is 0.181 e. The summed E-state index contributed by atoms with van der Waals surface area (Å²) in [6, 6.07) is 8.14. The Hall–Kier alpha value is -1.53. The molecule has 0 saturated heterocycles. The molecule has 18 heavy (non-hydrogen) atoms. The third-order valence-corrected chi connectivity index (χ3v) is 2.57. The lowest BCUT2D eigenvalue weighted by Gasteiger charge is -2.15. The summed E-state index contributed by atoms with van der Waals surface area (Å²) in [7, 11) is 0. The van der Waals surface area contributed by atoms with Crippen molar-refractivity contribution in [3.63, 3.8) is 0 Å². The van der Waals surface area contributed by atoms with E-state index in [4.69, 9.17) is 10.00 Å². The van der Waals surface area contributed by atoms with Crippen LogP contribution in [0, 0.1) is 24.2 Å². The van der Waals surface area contributed by atoms with Gasteiger partial charge in [-0.05, 0) is 32.4 Å². The van der Waals surface area contributed by atoms with Gasteiger partial charge in [-0.25, -0.2) is 0 Å². The Labute approximate surface area is 110 Å². The van der Waals surface area contributed by atoms with E-state index in [1.54, 1.807) is 6.92 Å². The number of hydrogen-bond donors (Lipinski definition) is 1. The molecule has 98 valence electrons. The van der Waals surface area contributed by atoms with Gasteiger partial charge in [0.2, 0.25) is 0 Å². The van der Waals surface area contributed by atoms with Gasteiger partial charge in [0, 0.05) is 12.1 Å². The highest BCUT2D eigenvalue weighted by atomic mass is 16.5. The molecule has 0 bridgehead atoms. The van der Waals surface area contributed by atoms with Gasteiger partial charge in [-0.2, -0.15) is 5.26 Å². The van der Waals surface area contributed by atoms with Gasteiger partial charge in [-0.1, -0.05) is 31.5 Å². The van der Waals surface area contributed by atoms with Crippen LogP contribution in [0.25, 0.3) is 0 Å². The molecule has 0 aliphatic rings. The highest BCUT2D eigenvalue weighted by molar-refractivity contribution is 5.37. The Morgan fingerprint density at radius 2 is 2.06 bits per heavy atom. The lowest BCUT2D eigenvalue weighted by Crippen LogP contribution is -2.20. The first-order valence-corrected chi connectivity index (χ1v) is 6.39. The molecular weight excluding hydrogens is 224 g/mol. The largest absolute Gasteiger partial charge is 0.476 e. The predicted octanol–water partition coefficient (Wildman–Crippen LogP) is 3.03. The molecule has 3 heteroatoms. The molecule has 1 atom stereocenters. The van der Waals surface area contributed by atoms with Crippen LogP contribution in [-0.2, 0) is 6.54 Å². The highest BCUT2D eigenvalue weighted by Crippen LogP contribution is 2.21. The van der Waals surface area contributed by atoms with Crippen LogP contribution in [0.15, 0.2) is 18.2 Å². The molecule has 0 spiro atoms. The van der Waals surface area contributed by atoms with E-state index in [-0.39, 0.29) is 0 Å². The minimum absolute atomic E-state index is 0.420. The first-order valence-electron chi connectivity index (χ1n) is 6.39. The smallest absolute Gasteiger partial charge is 0.181 e. The average Bonchev–Trinajstić information content (AvgIpc) is 2.31. The van der Waals surface area contributed by atoms with Crippen LogP contribution in [0.4, 0.5) is 0 Å². The number of rotatable bonds is 6. The van der Waals surface area contributed by atoms with E-state index in [1.807, 2.05) is 12.1 Å². The van der Waals surface area contributed by atoms with Gasteiger partial charge in [0.1, 0.15) is 11.8 Å². The van der Waals surface area contributed by atoms with Gasteiger partial charge in [0.25, 0.3) is 0 Å². The fraction of sp³-hybridized carbons (Fsp3) is 0.533. The molecule has 0 heterocycles. The highest BCUT2D eigenvalue weighted by Gasteiger charge is 2.08. The Kier molecular flexibility index (Phi) is 5.67. The van der Waals surface area contributed by atoms with E-state index in [9.17, 15) is 0 Å². The van der Waals surface area contributed by atoms with E-state index in [0.29, 0.717) is 5.92 Å². The van der Waals surface area contributed by atoms with Crippen molar-refractivity contribution < 1.29 is 4.74 Å². The van der Waals surface area contributed by atoms with Crippen molar-refractivity contribution in [1.29, 1.82) is 5.26 Å². The zero-order valence-corrected chi connectivity index (χ0v) is 11.7. The summed E-state index contributed by atoms with van der Waals surface area (Å²) in [6.45, 7) is 9.92. The summed E-state index contributed by atoms with van der Waals surface area (Å²) < 4.78 is 5.61. The average molecular weight is 246 g/mol. The van der Waals surface area contributed by atoms with Crippen LogP contribution in [0.1, 0.15) is 31.9 Å². The van der Waals surface area contributed by atoms with Crippen LogP contribution < -0.4 is 10.1 Å². The molecule has 1 unspecified atom stereocenters. The second-order valence-electron chi connectivity index (χ2n) is 5.03. The normalized spacial score (nSPS) is 12.2. The lowest BCUT2D eigenvalue weighted by atomic mass is 10.1. The Morgan fingerprint density at radius 1 is 1.33 bits per heavy atom. The number of nitrogens with zero attached hydrogens (tertiary/aromatic N) is 1. The fourth-order valence-corrected chi connectivity index (χ4v) is 1.67. The van der Waals surface area contributed by atoms with Crippen LogP contribution in [0.2, 0.25) is 0 Å². The Balaban J connectivity index is 2.74. The summed E-state index contributed by atoms with van der Waals surface area (Å²) in [5, 5.41) is 12.2. The molecule has 3 nitrogen and oxygen atoms in total. The van der Waals surface area contributed by atoms with Crippen molar-refractivity contribution in [3.8, 4) is 11.8 Å². The summed E-state index contributed by atoms with van der Waals surface area (Å²) in [4.78, 5) is 0. The van der Waals surface area contributed by atoms with Crippen molar-refractivity contribution >= 4 is 0 Å². The minimum Gasteiger partial charge on any atom is -0.476 e. The Morgan fingerprint density at radius 3 is 2.67 bits per heavy atom. The molecule has 0 amide bonds. The second-order valence-corrected chi connectivity index (χ2v) is 5.03. The zero-order chi connectivity index (χ0) is 13.5. The molecule has 0 aliphatic heterocycles.